The highest BCUT2D eigenvalue weighted by atomic mass is 15.0. The fourth-order valence-electron chi connectivity index (χ4n) is 2.64. The van der Waals surface area contributed by atoms with E-state index >= 15 is 0 Å². The molecule has 0 aliphatic carbocycles. The predicted molar refractivity (Wildman–Crippen MR) is 86.1 cm³/mol. The lowest BCUT2D eigenvalue weighted by molar-refractivity contribution is 0.588. The minimum atomic E-state index is 0.0963. The fraction of sp³-hybridized carbons (Fsp3) is 0.222. The zero-order valence-corrected chi connectivity index (χ0v) is 12.2. The maximum absolute atomic E-state index is 4.44. The first kappa shape index (κ1) is 13.7. The molecule has 0 aliphatic heterocycles. The Labute approximate surface area is 125 Å². The van der Waals surface area contributed by atoms with Crippen molar-refractivity contribution < 1.29 is 0 Å². The van der Waals surface area contributed by atoms with Gasteiger partial charge in [-0.05, 0) is 35.4 Å². The molecule has 3 heteroatoms. The van der Waals surface area contributed by atoms with E-state index in [1.165, 1.54) is 16.3 Å². The van der Waals surface area contributed by atoms with Crippen molar-refractivity contribution in [3.05, 3.63) is 72.3 Å². The zero-order chi connectivity index (χ0) is 14.5. The van der Waals surface area contributed by atoms with E-state index in [0.29, 0.717) is 0 Å². The molecule has 3 aromatic rings. The van der Waals surface area contributed by atoms with Crippen LogP contribution in [-0.4, -0.2) is 16.5 Å². The molecule has 0 aliphatic rings. The molecule has 0 saturated heterocycles. The van der Waals surface area contributed by atoms with Crippen molar-refractivity contribution >= 4 is 10.8 Å². The van der Waals surface area contributed by atoms with Gasteiger partial charge in [-0.3, -0.25) is 0 Å². The molecule has 1 heterocycles. The maximum atomic E-state index is 4.44. The second-order valence-electron chi connectivity index (χ2n) is 5.09. The monoisotopic (exact) mass is 277 g/mol. The van der Waals surface area contributed by atoms with Gasteiger partial charge in [0.25, 0.3) is 0 Å². The SMILES string of the molecule is CCCNC(c1ccncn1)c1cccc2ccccc12. The molecule has 0 fully saturated rings. The van der Waals surface area contributed by atoms with E-state index < -0.39 is 0 Å². The van der Waals surface area contributed by atoms with Gasteiger partial charge in [-0.2, -0.15) is 0 Å². The summed E-state index contributed by atoms with van der Waals surface area (Å²) in [6.45, 7) is 3.13. The second-order valence-corrected chi connectivity index (χ2v) is 5.09. The van der Waals surface area contributed by atoms with Gasteiger partial charge in [0.05, 0.1) is 11.7 Å². The van der Waals surface area contributed by atoms with Crippen molar-refractivity contribution in [2.45, 2.75) is 19.4 Å². The van der Waals surface area contributed by atoms with Crippen LogP contribution in [0.4, 0.5) is 0 Å². The van der Waals surface area contributed by atoms with Gasteiger partial charge in [-0.25, -0.2) is 9.97 Å². The molecule has 1 unspecified atom stereocenters. The van der Waals surface area contributed by atoms with Crippen LogP contribution in [-0.2, 0) is 0 Å². The van der Waals surface area contributed by atoms with Gasteiger partial charge < -0.3 is 5.32 Å². The fourth-order valence-corrected chi connectivity index (χ4v) is 2.64. The molecule has 0 radical (unpaired) electrons. The second kappa shape index (κ2) is 6.46. The number of hydrogen-bond donors (Lipinski definition) is 1. The van der Waals surface area contributed by atoms with Crippen LogP contribution in [0.2, 0.25) is 0 Å². The molecule has 0 saturated carbocycles. The van der Waals surface area contributed by atoms with E-state index in [9.17, 15) is 0 Å². The summed E-state index contributed by atoms with van der Waals surface area (Å²) in [5.74, 6) is 0. The molecule has 1 N–H and O–H groups in total. The van der Waals surface area contributed by atoms with Crippen LogP contribution < -0.4 is 5.32 Å². The average molecular weight is 277 g/mol. The van der Waals surface area contributed by atoms with Gasteiger partial charge >= 0.3 is 0 Å². The van der Waals surface area contributed by atoms with Crippen molar-refractivity contribution in [2.24, 2.45) is 0 Å². The molecule has 21 heavy (non-hydrogen) atoms. The van der Waals surface area contributed by atoms with E-state index in [0.717, 1.165) is 18.7 Å². The van der Waals surface area contributed by atoms with Crippen LogP contribution in [0, 0.1) is 0 Å². The van der Waals surface area contributed by atoms with Gasteiger partial charge in [0, 0.05) is 6.20 Å². The minimum absolute atomic E-state index is 0.0963. The van der Waals surface area contributed by atoms with Crippen LogP contribution in [0.25, 0.3) is 10.8 Å². The third-order valence-electron chi connectivity index (χ3n) is 3.63. The first-order valence-electron chi connectivity index (χ1n) is 7.37. The molecule has 0 spiro atoms. The minimum Gasteiger partial charge on any atom is -0.305 e. The number of fused-ring (bicyclic) bond motifs is 1. The Hall–Kier alpha value is -2.26. The smallest absolute Gasteiger partial charge is 0.115 e. The van der Waals surface area contributed by atoms with E-state index in [4.69, 9.17) is 0 Å². The Balaban J connectivity index is 2.10. The molecular formula is C18H19N3. The molecule has 0 amide bonds. The Morgan fingerprint density at radius 2 is 1.90 bits per heavy atom. The predicted octanol–water partition coefficient (Wildman–Crippen LogP) is 3.72. The topological polar surface area (TPSA) is 37.8 Å². The van der Waals surface area contributed by atoms with Crippen molar-refractivity contribution in [3.63, 3.8) is 0 Å². The maximum Gasteiger partial charge on any atom is 0.115 e. The lowest BCUT2D eigenvalue weighted by Gasteiger charge is -2.20. The number of aromatic nitrogens is 2. The summed E-state index contributed by atoms with van der Waals surface area (Å²) in [5, 5.41) is 6.13. The van der Waals surface area contributed by atoms with E-state index in [-0.39, 0.29) is 6.04 Å². The summed E-state index contributed by atoms with van der Waals surface area (Å²) in [5.41, 5.74) is 2.27. The van der Waals surface area contributed by atoms with E-state index in [1.54, 1.807) is 12.5 Å². The lowest BCUT2D eigenvalue weighted by atomic mass is 9.96. The zero-order valence-electron chi connectivity index (χ0n) is 12.2. The Morgan fingerprint density at radius 3 is 2.71 bits per heavy atom. The Bertz CT molecular complexity index is 704. The Morgan fingerprint density at radius 1 is 1.05 bits per heavy atom. The summed E-state index contributed by atoms with van der Waals surface area (Å²) >= 11 is 0. The molecule has 1 aromatic heterocycles. The van der Waals surface area contributed by atoms with Gasteiger partial charge in [0.15, 0.2) is 0 Å². The van der Waals surface area contributed by atoms with Gasteiger partial charge in [0.1, 0.15) is 6.33 Å². The van der Waals surface area contributed by atoms with Crippen LogP contribution in [0.5, 0.6) is 0 Å². The average Bonchev–Trinajstić information content (AvgIpc) is 2.56. The number of hydrogen-bond acceptors (Lipinski definition) is 3. The highest BCUT2D eigenvalue weighted by molar-refractivity contribution is 5.86. The van der Waals surface area contributed by atoms with Crippen LogP contribution >= 0.6 is 0 Å². The largest absolute Gasteiger partial charge is 0.305 e. The molecule has 2 aromatic carbocycles. The van der Waals surface area contributed by atoms with Crippen LogP contribution in [0.3, 0.4) is 0 Å². The van der Waals surface area contributed by atoms with Crippen molar-refractivity contribution in [1.29, 1.82) is 0 Å². The van der Waals surface area contributed by atoms with Gasteiger partial charge in [-0.15, -0.1) is 0 Å². The first-order chi connectivity index (χ1) is 10.4. The molecular weight excluding hydrogens is 258 g/mol. The summed E-state index contributed by atoms with van der Waals surface area (Å²) < 4.78 is 0. The summed E-state index contributed by atoms with van der Waals surface area (Å²) in [7, 11) is 0. The van der Waals surface area contributed by atoms with Crippen LogP contribution in [0.15, 0.2) is 61.1 Å². The van der Waals surface area contributed by atoms with Crippen molar-refractivity contribution in [2.75, 3.05) is 6.54 Å². The lowest BCUT2D eigenvalue weighted by Crippen LogP contribution is -2.24. The van der Waals surface area contributed by atoms with Gasteiger partial charge in [-0.1, -0.05) is 49.4 Å². The third kappa shape index (κ3) is 2.93. The summed E-state index contributed by atoms with van der Waals surface area (Å²) in [6.07, 6.45) is 4.50. The standard InChI is InChI=1S/C18H19N3/c1-2-11-20-18(17-10-12-19-13-21-17)16-9-5-7-14-6-3-4-8-15(14)16/h3-10,12-13,18,20H,2,11H2,1H3. The Kier molecular flexibility index (Phi) is 4.22. The van der Waals surface area contributed by atoms with E-state index in [2.05, 4.69) is 64.7 Å². The normalized spacial score (nSPS) is 12.4. The van der Waals surface area contributed by atoms with Crippen LogP contribution in [0.1, 0.15) is 30.6 Å². The molecule has 3 rings (SSSR count). The van der Waals surface area contributed by atoms with Gasteiger partial charge in [0.2, 0.25) is 0 Å². The van der Waals surface area contributed by atoms with E-state index in [1.807, 2.05) is 6.07 Å². The molecule has 106 valence electrons. The first-order valence-corrected chi connectivity index (χ1v) is 7.37. The number of rotatable bonds is 5. The number of nitrogens with zero attached hydrogens (tertiary/aromatic N) is 2. The molecule has 3 nitrogen and oxygen atoms in total. The molecule has 0 bridgehead atoms. The highest BCUT2D eigenvalue weighted by Gasteiger charge is 2.16. The summed E-state index contributed by atoms with van der Waals surface area (Å²) in [6, 6.07) is 17.0. The number of nitrogens with one attached hydrogen (secondary N) is 1. The quantitative estimate of drug-likeness (QED) is 0.772. The third-order valence-corrected chi connectivity index (χ3v) is 3.63. The molecule has 1 atom stereocenters. The number of benzene rings is 2. The van der Waals surface area contributed by atoms with Crippen molar-refractivity contribution in [1.82, 2.24) is 15.3 Å². The van der Waals surface area contributed by atoms with Crippen molar-refractivity contribution in [3.8, 4) is 0 Å². The highest BCUT2D eigenvalue weighted by Crippen LogP contribution is 2.27. The summed E-state index contributed by atoms with van der Waals surface area (Å²) in [4.78, 5) is 8.47.